The smallest absolute Gasteiger partial charge is 0.244 e. The van der Waals surface area contributed by atoms with Gasteiger partial charge in [0.15, 0.2) is 0 Å². The summed E-state index contributed by atoms with van der Waals surface area (Å²) >= 11 is 0. The van der Waals surface area contributed by atoms with E-state index in [0.717, 1.165) is 24.2 Å². The summed E-state index contributed by atoms with van der Waals surface area (Å²) in [5, 5.41) is 2.93. The summed E-state index contributed by atoms with van der Waals surface area (Å²) in [5.41, 5.74) is 7.14. The Morgan fingerprint density at radius 3 is 2.65 bits per heavy atom. The quantitative estimate of drug-likeness (QED) is 0.896. The van der Waals surface area contributed by atoms with Crippen molar-refractivity contribution in [3.8, 4) is 5.69 Å². The fourth-order valence-corrected chi connectivity index (χ4v) is 2.39. The van der Waals surface area contributed by atoms with Gasteiger partial charge in [0.25, 0.3) is 0 Å². The van der Waals surface area contributed by atoms with Gasteiger partial charge in [-0.15, -0.1) is 0 Å². The zero-order chi connectivity index (χ0) is 14.2. The maximum absolute atomic E-state index is 12.3. The number of anilines is 1. The first-order chi connectivity index (χ1) is 9.57. The molecule has 1 unspecified atom stereocenters. The molecule has 1 aromatic carbocycles. The van der Waals surface area contributed by atoms with Crippen LogP contribution in [0.15, 0.2) is 48.8 Å². The van der Waals surface area contributed by atoms with Gasteiger partial charge >= 0.3 is 0 Å². The lowest BCUT2D eigenvalue weighted by Gasteiger charge is -2.23. The number of rotatable bonds is 4. The van der Waals surface area contributed by atoms with Crippen LogP contribution in [0.25, 0.3) is 5.69 Å². The Hall–Kier alpha value is -2.07. The van der Waals surface area contributed by atoms with Crippen LogP contribution in [0, 0.1) is 5.92 Å². The van der Waals surface area contributed by atoms with E-state index < -0.39 is 5.54 Å². The van der Waals surface area contributed by atoms with Gasteiger partial charge < -0.3 is 15.6 Å². The zero-order valence-corrected chi connectivity index (χ0v) is 11.5. The van der Waals surface area contributed by atoms with Crippen LogP contribution in [0.5, 0.6) is 0 Å². The molecule has 1 saturated carbocycles. The number of carbonyl (C=O) groups is 1. The average Bonchev–Trinajstić information content (AvgIpc) is 3.15. The predicted octanol–water partition coefficient (Wildman–Crippen LogP) is 2.54. The third-order valence-corrected chi connectivity index (χ3v) is 3.92. The van der Waals surface area contributed by atoms with Gasteiger partial charge in [-0.3, -0.25) is 4.79 Å². The van der Waals surface area contributed by atoms with Crippen LogP contribution in [0.4, 0.5) is 5.69 Å². The standard InChI is InChI=1S/C16H19N3O/c1-16(17,12-7-8-12)15(20)18-13-5-4-6-14(11-13)19-9-2-3-10-19/h2-6,9-12H,7-8,17H2,1H3,(H,18,20). The molecule has 0 bridgehead atoms. The lowest BCUT2D eigenvalue weighted by molar-refractivity contribution is -0.121. The Morgan fingerprint density at radius 2 is 2.00 bits per heavy atom. The van der Waals surface area contributed by atoms with Gasteiger partial charge in [-0.05, 0) is 56.0 Å². The van der Waals surface area contributed by atoms with Gasteiger partial charge in [0.1, 0.15) is 0 Å². The summed E-state index contributed by atoms with van der Waals surface area (Å²) in [7, 11) is 0. The number of nitrogens with two attached hydrogens (primary N) is 1. The fourth-order valence-electron chi connectivity index (χ4n) is 2.39. The molecule has 1 atom stereocenters. The molecule has 1 aliphatic carbocycles. The van der Waals surface area contributed by atoms with Crippen molar-refractivity contribution in [3.63, 3.8) is 0 Å². The SMILES string of the molecule is CC(N)(C(=O)Nc1cccc(-n2cccc2)c1)C1CC1. The van der Waals surface area contributed by atoms with Crippen LogP contribution >= 0.6 is 0 Å². The second-order valence-corrected chi connectivity index (χ2v) is 5.65. The number of nitrogens with zero attached hydrogens (tertiary/aromatic N) is 1. The van der Waals surface area contributed by atoms with Crippen LogP contribution in [0.2, 0.25) is 0 Å². The van der Waals surface area contributed by atoms with E-state index in [1.54, 1.807) is 0 Å². The molecule has 4 heteroatoms. The van der Waals surface area contributed by atoms with Crippen molar-refractivity contribution in [1.29, 1.82) is 0 Å². The second-order valence-electron chi connectivity index (χ2n) is 5.65. The van der Waals surface area contributed by atoms with E-state index in [2.05, 4.69) is 5.32 Å². The molecular weight excluding hydrogens is 250 g/mol. The first-order valence-electron chi connectivity index (χ1n) is 6.91. The third kappa shape index (κ3) is 2.47. The van der Waals surface area contributed by atoms with Gasteiger partial charge in [-0.1, -0.05) is 6.07 Å². The molecule has 1 heterocycles. The molecule has 1 aromatic heterocycles. The largest absolute Gasteiger partial charge is 0.324 e. The Kier molecular flexibility index (Phi) is 3.10. The minimum absolute atomic E-state index is 0.107. The molecule has 0 saturated heterocycles. The lowest BCUT2D eigenvalue weighted by atomic mass is 9.96. The van der Waals surface area contributed by atoms with E-state index in [0.29, 0.717) is 5.92 Å². The highest BCUT2D eigenvalue weighted by molar-refractivity contribution is 5.98. The van der Waals surface area contributed by atoms with E-state index in [9.17, 15) is 4.79 Å². The topological polar surface area (TPSA) is 60.1 Å². The molecule has 1 amide bonds. The Labute approximate surface area is 118 Å². The Bertz CT molecular complexity index is 612. The molecule has 4 nitrogen and oxygen atoms in total. The van der Waals surface area contributed by atoms with Crippen LogP contribution in [-0.4, -0.2) is 16.0 Å². The van der Waals surface area contributed by atoms with Gasteiger partial charge in [-0.25, -0.2) is 0 Å². The summed E-state index contributed by atoms with van der Waals surface area (Å²) in [6.45, 7) is 1.82. The molecule has 3 N–H and O–H groups in total. The maximum Gasteiger partial charge on any atom is 0.244 e. The molecule has 2 aromatic rings. The van der Waals surface area contributed by atoms with Gasteiger partial charge in [0, 0.05) is 23.8 Å². The van der Waals surface area contributed by atoms with Crippen molar-refractivity contribution in [2.75, 3.05) is 5.32 Å². The summed E-state index contributed by atoms with van der Waals surface area (Å²) in [6, 6.07) is 11.7. The maximum atomic E-state index is 12.3. The van der Waals surface area contributed by atoms with E-state index in [-0.39, 0.29) is 5.91 Å². The lowest BCUT2D eigenvalue weighted by Crippen LogP contribution is -2.50. The molecule has 104 valence electrons. The van der Waals surface area contributed by atoms with Crippen LogP contribution in [-0.2, 0) is 4.79 Å². The third-order valence-electron chi connectivity index (χ3n) is 3.92. The molecule has 1 fully saturated rings. The zero-order valence-electron chi connectivity index (χ0n) is 11.5. The number of aromatic nitrogens is 1. The molecular formula is C16H19N3O. The summed E-state index contributed by atoms with van der Waals surface area (Å²) in [5.74, 6) is 0.208. The van der Waals surface area contributed by atoms with Crippen molar-refractivity contribution in [1.82, 2.24) is 4.57 Å². The van der Waals surface area contributed by atoms with E-state index >= 15 is 0 Å². The Balaban J connectivity index is 1.78. The van der Waals surface area contributed by atoms with E-state index in [4.69, 9.17) is 5.73 Å². The number of amides is 1. The second kappa shape index (κ2) is 4.80. The number of hydrogen-bond acceptors (Lipinski definition) is 2. The average molecular weight is 269 g/mol. The van der Waals surface area contributed by atoms with Crippen LogP contribution < -0.4 is 11.1 Å². The number of carbonyl (C=O) groups excluding carboxylic acids is 1. The van der Waals surface area contributed by atoms with E-state index in [1.807, 2.05) is 60.3 Å². The van der Waals surface area contributed by atoms with Crippen molar-refractivity contribution in [3.05, 3.63) is 48.8 Å². The first kappa shape index (κ1) is 12.9. The van der Waals surface area contributed by atoms with Crippen molar-refractivity contribution in [2.45, 2.75) is 25.3 Å². The summed E-state index contributed by atoms with van der Waals surface area (Å²) in [4.78, 5) is 12.3. The highest BCUT2D eigenvalue weighted by Gasteiger charge is 2.44. The normalized spacial score (nSPS) is 17.5. The first-order valence-corrected chi connectivity index (χ1v) is 6.91. The molecule has 1 aliphatic rings. The van der Waals surface area contributed by atoms with Crippen molar-refractivity contribution >= 4 is 11.6 Å². The van der Waals surface area contributed by atoms with Crippen LogP contribution in [0.1, 0.15) is 19.8 Å². The number of nitrogens with one attached hydrogen (secondary N) is 1. The molecule has 0 aliphatic heterocycles. The number of benzene rings is 1. The minimum atomic E-state index is -0.774. The molecule has 0 spiro atoms. The number of hydrogen-bond donors (Lipinski definition) is 2. The van der Waals surface area contributed by atoms with E-state index in [1.165, 1.54) is 0 Å². The molecule has 0 radical (unpaired) electrons. The van der Waals surface area contributed by atoms with Gasteiger partial charge in [0.05, 0.1) is 5.54 Å². The van der Waals surface area contributed by atoms with Crippen LogP contribution in [0.3, 0.4) is 0 Å². The highest BCUT2D eigenvalue weighted by Crippen LogP contribution is 2.38. The summed E-state index contributed by atoms with van der Waals surface area (Å²) < 4.78 is 2.00. The monoisotopic (exact) mass is 269 g/mol. The highest BCUT2D eigenvalue weighted by atomic mass is 16.2. The minimum Gasteiger partial charge on any atom is -0.324 e. The molecule has 20 heavy (non-hydrogen) atoms. The predicted molar refractivity (Wildman–Crippen MR) is 79.7 cm³/mol. The van der Waals surface area contributed by atoms with Crippen molar-refractivity contribution in [2.24, 2.45) is 11.7 Å². The van der Waals surface area contributed by atoms with Gasteiger partial charge in [0.2, 0.25) is 5.91 Å². The van der Waals surface area contributed by atoms with Crippen molar-refractivity contribution < 1.29 is 4.79 Å². The summed E-state index contributed by atoms with van der Waals surface area (Å²) in [6.07, 6.45) is 6.03. The Morgan fingerprint density at radius 1 is 1.30 bits per heavy atom. The van der Waals surface area contributed by atoms with Gasteiger partial charge in [-0.2, -0.15) is 0 Å². The molecule has 3 rings (SSSR count). The fraction of sp³-hybridized carbons (Fsp3) is 0.312.